The van der Waals surface area contributed by atoms with Gasteiger partial charge in [-0.05, 0) is 44.0 Å². The lowest BCUT2D eigenvalue weighted by Crippen LogP contribution is -2.60. The van der Waals surface area contributed by atoms with Crippen molar-refractivity contribution in [1.29, 1.82) is 0 Å². The van der Waals surface area contributed by atoms with Crippen molar-refractivity contribution in [3.05, 3.63) is 102 Å². The van der Waals surface area contributed by atoms with E-state index in [9.17, 15) is 28.8 Å². The fourth-order valence-corrected chi connectivity index (χ4v) is 5.19. The van der Waals surface area contributed by atoms with Crippen LogP contribution in [0.3, 0.4) is 0 Å². The monoisotopic (exact) mass is 614 g/mol. The quantitative estimate of drug-likeness (QED) is 0.187. The standard InChI is InChI=1S/C33H34N4O8/c1-32(2,29(42)35(24-17-11-6-12-18-24)21-27(40)45-28(41)25(34)19-26(38)39)37-30(43)33(3,23-15-9-5-10-16-23)36(31(37)44)20-22-13-7-4-8-14-22/h4-18,25H,19-21,34H2,1-3H3,(H,38,39)/t25-,33+/m0/s1. The van der Waals surface area contributed by atoms with Crippen molar-refractivity contribution >= 4 is 41.4 Å². The van der Waals surface area contributed by atoms with Gasteiger partial charge in [-0.2, -0.15) is 0 Å². The van der Waals surface area contributed by atoms with Crippen LogP contribution >= 0.6 is 0 Å². The molecular weight excluding hydrogens is 580 g/mol. The third kappa shape index (κ3) is 6.60. The number of para-hydroxylation sites is 1. The number of nitrogens with zero attached hydrogens (tertiary/aromatic N) is 3. The molecule has 3 aromatic rings. The average Bonchev–Trinajstić information content (AvgIpc) is 3.21. The third-order valence-corrected chi connectivity index (χ3v) is 7.70. The molecule has 4 amide bonds. The number of hydrogen-bond donors (Lipinski definition) is 2. The summed E-state index contributed by atoms with van der Waals surface area (Å²) in [6, 6.07) is 23.6. The van der Waals surface area contributed by atoms with Crippen LogP contribution in [0.1, 0.15) is 38.3 Å². The first kappa shape index (κ1) is 32.6. The highest BCUT2D eigenvalue weighted by Gasteiger charge is 2.61. The second-order valence-corrected chi connectivity index (χ2v) is 11.2. The van der Waals surface area contributed by atoms with Gasteiger partial charge in [-0.15, -0.1) is 0 Å². The van der Waals surface area contributed by atoms with Gasteiger partial charge >= 0.3 is 23.9 Å². The van der Waals surface area contributed by atoms with Crippen molar-refractivity contribution in [1.82, 2.24) is 9.80 Å². The zero-order valence-electron chi connectivity index (χ0n) is 25.1. The topological polar surface area (TPSA) is 168 Å². The molecule has 1 saturated heterocycles. The van der Waals surface area contributed by atoms with E-state index in [2.05, 4.69) is 0 Å². The van der Waals surface area contributed by atoms with E-state index >= 15 is 0 Å². The number of carboxylic acids is 1. The number of anilines is 1. The fourth-order valence-electron chi connectivity index (χ4n) is 5.19. The van der Waals surface area contributed by atoms with Gasteiger partial charge in [-0.3, -0.25) is 19.3 Å². The Morgan fingerprint density at radius 2 is 1.44 bits per heavy atom. The van der Waals surface area contributed by atoms with Gasteiger partial charge in [0.1, 0.15) is 23.7 Å². The molecular formula is C33H34N4O8. The number of aliphatic carboxylic acids is 1. The number of amides is 4. The van der Waals surface area contributed by atoms with Crippen molar-refractivity contribution in [2.45, 2.75) is 50.9 Å². The van der Waals surface area contributed by atoms with Crippen molar-refractivity contribution in [2.75, 3.05) is 11.4 Å². The van der Waals surface area contributed by atoms with Gasteiger partial charge in [0, 0.05) is 12.2 Å². The van der Waals surface area contributed by atoms with Crippen LogP contribution in [0.4, 0.5) is 10.5 Å². The maximum absolute atomic E-state index is 14.4. The summed E-state index contributed by atoms with van der Waals surface area (Å²) in [5.41, 5.74) is 3.74. The van der Waals surface area contributed by atoms with Crippen LogP contribution in [-0.4, -0.2) is 68.8 Å². The molecule has 12 heteroatoms. The van der Waals surface area contributed by atoms with Crippen LogP contribution in [0, 0.1) is 0 Å². The molecule has 0 bridgehead atoms. The van der Waals surface area contributed by atoms with E-state index in [1.807, 2.05) is 30.3 Å². The molecule has 0 aromatic heterocycles. The number of hydrogen-bond acceptors (Lipinski definition) is 8. The number of ether oxygens (including phenoxy) is 1. The lowest BCUT2D eigenvalue weighted by molar-refractivity contribution is -0.161. The molecule has 0 aliphatic carbocycles. The first-order valence-corrected chi connectivity index (χ1v) is 14.1. The average molecular weight is 615 g/mol. The number of rotatable bonds is 11. The van der Waals surface area contributed by atoms with E-state index in [-0.39, 0.29) is 12.2 Å². The zero-order chi connectivity index (χ0) is 32.9. The minimum absolute atomic E-state index is 0.0744. The molecule has 1 heterocycles. The molecule has 2 atom stereocenters. The minimum Gasteiger partial charge on any atom is -0.481 e. The Balaban J connectivity index is 1.70. The Morgan fingerprint density at radius 1 is 0.911 bits per heavy atom. The number of carboxylic acid groups (broad SMARTS) is 1. The summed E-state index contributed by atoms with van der Waals surface area (Å²) in [6.07, 6.45) is -0.765. The first-order valence-electron chi connectivity index (χ1n) is 14.1. The minimum atomic E-state index is -1.84. The van der Waals surface area contributed by atoms with Crippen molar-refractivity contribution < 1.29 is 38.6 Å². The molecule has 45 heavy (non-hydrogen) atoms. The molecule has 0 radical (unpaired) electrons. The summed E-state index contributed by atoms with van der Waals surface area (Å²) in [7, 11) is 0. The number of nitrogens with two attached hydrogens (primary N) is 1. The lowest BCUT2D eigenvalue weighted by atomic mass is 9.89. The maximum Gasteiger partial charge on any atom is 0.333 e. The van der Waals surface area contributed by atoms with Crippen LogP contribution < -0.4 is 10.6 Å². The predicted octanol–water partition coefficient (Wildman–Crippen LogP) is 3.05. The summed E-state index contributed by atoms with van der Waals surface area (Å²) >= 11 is 0. The van der Waals surface area contributed by atoms with Gasteiger partial charge in [0.25, 0.3) is 11.8 Å². The molecule has 1 aliphatic rings. The molecule has 1 aliphatic heterocycles. The van der Waals surface area contributed by atoms with Crippen molar-refractivity contribution in [3.63, 3.8) is 0 Å². The number of esters is 2. The molecule has 12 nitrogen and oxygen atoms in total. The van der Waals surface area contributed by atoms with Gasteiger partial charge in [0.05, 0.1) is 6.42 Å². The normalized spacial score (nSPS) is 17.2. The molecule has 4 rings (SSSR count). The van der Waals surface area contributed by atoms with Crippen molar-refractivity contribution in [2.24, 2.45) is 5.73 Å². The molecule has 3 N–H and O–H groups in total. The zero-order valence-corrected chi connectivity index (χ0v) is 25.1. The Bertz CT molecular complexity index is 1600. The van der Waals surface area contributed by atoms with Gasteiger partial charge in [-0.1, -0.05) is 78.9 Å². The van der Waals surface area contributed by atoms with Crippen molar-refractivity contribution in [3.8, 4) is 0 Å². The smallest absolute Gasteiger partial charge is 0.333 e. The number of imide groups is 1. The van der Waals surface area contributed by atoms with Crippen LogP contribution in [0.15, 0.2) is 91.0 Å². The van der Waals surface area contributed by atoms with E-state index in [0.717, 1.165) is 15.4 Å². The number of benzene rings is 3. The van der Waals surface area contributed by atoms with E-state index in [4.69, 9.17) is 15.6 Å². The van der Waals surface area contributed by atoms with Crippen LogP contribution in [0.2, 0.25) is 0 Å². The largest absolute Gasteiger partial charge is 0.481 e. The molecule has 0 saturated carbocycles. The Labute approximate surface area is 260 Å². The van der Waals surface area contributed by atoms with Crippen LogP contribution in [0.5, 0.6) is 0 Å². The van der Waals surface area contributed by atoms with Gasteiger partial charge in [0.2, 0.25) is 0 Å². The van der Waals surface area contributed by atoms with Crippen LogP contribution in [-0.2, 0) is 40.8 Å². The Kier molecular flexibility index (Phi) is 9.48. The molecule has 0 spiro atoms. The van der Waals surface area contributed by atoms with E-state index in [1.165, 1.54) is 30.9 Å². The van der Waals surface area contributed by atoms with Gasteiger partial charge in [-0.25, -0.2) is 19.3 Å². The Hall–Kier alpha value is -5.36. The van der Waals surface area contributed by atoms with E-state index in [0.29, 0.717) is 5.56 Å². The number of urea groups is 1. The summed E-state index contributed by atoms with van der Waals surface area (Å²) in [6.45, 7) is 3.71. The highest BCUT2D eigenvalue weighted by atomic mass is 16.6. The summed E-state index contributed by atoms with van der Waals surface area (Å²) < 4.78 is 4.75. The highest BCUT2D eigenvalue weighted by molar-refractivity contribution is 6.14. The number of carbonyl (C=O) groups excluding carboxylic acids is 5. The predicted molar refractivity (Wildman–Crippen MR) is 162 cm³/mol. The molecule has 3 aromatic carbocycles. The summed E-state index contributed by atoms with van der Waals surface area (Å²) in [4.78, 5) is 82.2. The van der Waals surface area contributed by atoms with Gasteiger partial charge in [0.15, 0.2) is 0 Å². The lowest BCUT2D eigenvalue weighted by Gasteiger charge is -2.36. The molecule has 1 fully saturated rings. The van der Waals surface area contributed by atoms with Gasteiger partial charge < -0.3 is 20.5 Å². The summed E-state index contributed by atoms with van der Waals surface area (Å²) in [5.74, 6) is -5.28. The highest BCUT2D eigenvalue weighted by Crippen LogP contribution is 2.42. The van der Waals surface area contributed by atoms with Crippen LogP contribution in [0.25, 0.3) is 0 Å². The number of carbonyl (C=O) groups is 6. The maximum atomic E-state index is 14.4. The van der Waals surface area contributed by atoms with E-state index < -0.39 is 65.8 Å². The third-order valence-electron chi connectivity index (χ3n) is 7.70. The Morgan fingerprint density at radius 3 is 2.00 bits per heavy atom. The molecule has 0 unspecified atom stereocenters. The first-order chi connectivity index (χ1) is 21.3. The second-order valence-electron chi connectivity index (χ2n) is 11.2. The fraction of sp³-hybridized carbons (Fsp3) is 0.273. The second kappa shape index (κ2) is 13.1. The SMILES string of the molecule is CC(C)(C(=O)N(CC(=O)OC(=O)[C@@H](N)CC(=O)O)c1ccccc1)N1C(=O)N(Cc2ccccc2)[C@](C)(c2ccccc2)C1=O. The summed E-state index contributed by atoms with van der Waals surface area (Å²) in [5, 5.41) is 8.89. The molecule has 234 valence electrons. The van der Waals surface area contributed by atoms with E-state index in [1.54, 1.807) is 55.5 Å².